The predicted molar refractivity (Wildman–Crippen MR) is 65.7 cm³/mol. The van der Waals surface area contributed by atoms with Crippen molar-refractivity contribution in [2.45, 2.75) is 39.0 Å². The zero-order valence-electron chi connectivity index (χ0n) is 10.5. The third-order valence-corrected chi connectivity index (χ3v) is 4.06. The Morgan fingerprint density at radius 2 is 2.22 bits per heavy atom. The molecule has 1 fully saturated rings. The van der Waals surface area contributed by atoms with Crippen LogP contribution in [0.15, 0.2) is 18.2 Å². The predicted octanol–water partition coefficient (Wildman–Crippen LogP) is 4.23. The first-order valence-corrected chi connectivity index (χ1v) is 6.44. The number of benzene rings is 1. The molecular formula is C15H17F2N. The van der Waals surface area contributed by atoms with Gasteiger partial charge < -0.3 is 0 Å². The first-order chi connectivity index (χ1) is 8.58. The van der Waals surface area contributed by atoms with Crippen LogP contribution >= 0.6 is 0 Å². The first-order valence-electron chi connectivity index (χ1n) is 6.44. The minimum absolute atomic E-state index is 0.323. The Kier molecular flexibility index (Phi) is 3.65. The Labute approximate surface area is 106 Å². The molecule has 2 rings (SSSR count). The lowest BCUT2D eigenvalue weighted by Crippen LogP contribution is -2.19. The fraction of sp³-hybridized carbons (Fsp3) is 0.533. The Bertz CT molecular complexity index is 478. The molecule has 2 atom stereocenters. The normalized spacial score (nSPS) is 27.1. The van der Waals surface area contributed by atoms with Crippen LogP contribution in [-0.2, 0) is 6.42 Å². The van der Waals surface area contributed by atoms with Crippen molar-refractivity contribution >= 4 is 0 Å². The van der Waals surface area contributed by atoms with Crippen LogP contribution < -0.4 is 0 Å². The third kappa shape index (κ3) is 2.53. The van der Waals surface area contributed by atoms with E-state index in [1.165, 1.54) is 6.07 Å². The summed E-state index contributed by atoms with van der Waals surface area (Å²) in [5.74, 6) is -0.309. The summed E-state index contributed by atoms with van der Waals surface area (Å²) < 4.78 is 26.8. The largest absolute Gasteiger partial charge is 0.207 e. The molecule has 96 valence electrons. The van der Waals surface area contributed by atoms with Gasteiger partial charge in [0.05, 0.1) is 11.5 Å². The van der Waals surface area contributed by atoms with Gasteiger partial charge in [-0.15, -0.1) is 0 Å². The van der Waals surface area contributed by atoms with Gasteiger partial charge in [0.1, 0.15) is 11.6 Å². The molecule has 0 amide bonds. The lowest BCUT2D eigenvalue weighted by Gasteiger charge is -2.21. The van der Waals surface area contributed by atoms with E-state index in [1.54, 1.807) is 0 Å². The maximum Gasteiger partial charge on any atom is 0.126 e. The molecule has 0 aliphatic heterocycles. The van der Waals surface area contributed by atoms with Crippen molar-refractivity contribution in [1.82, 2.24) is 0 Å². The maximum absolute atomic E-state index is 13.6. The minimum Gasteiger partial charge on any atom is -0.207 e. The lowest BCUT2D eigenvalue weighted by molar-refractivity contribution is 0.374. The molecule has 1 aliphatic carbocycles. The van der Waals surface area contributed by atoms with Gasteiger partial charge in [0, 0.05) is 0 Å². The first kappa shape index (κ1) is 13.0. The Morgan fingerprint density at radius 1 is 1.44 bits per heavy atom. The number of nitriles is 1. The Balaban J connectivity index is 2.21. The summed E-state index contributed by atoms with van der Waals surface area (Å²) >= 11 is 0. The van der Waals surface area contributed by atoms with Crippen LogP contribution in [0.5, 0.6) is 0 Å². The van der Waals surface area contributed by atoms with Crippen molar-refractivity contribution in [1.29, 1.82) is 5.26 Å². The standard InChI is InChI=1S/C15H17F2N/c1-2-11-5-6-15(8-11,10-18)9-12-7-13(16)3-4-14(12)17/h3-4,7,11H,2,5-6,8-9H2,1H3. The molecule has 0 radical (unpaired) electrons. The van der Waals surface area contributed by atoms with E-state index >= 15 is 0 Å². The molecule has 3 heteroatoms. The highest BCUT2D eigenvalue weighted by Crippen LogP contribution is 2.45. The van der Waals surface area contributed by atoms with E-state index in [4.69, 9.17) is 0 Å². The summed E-state index contributed by atoms with van der Waals surface area (Å²) in [5, 5.41) is 9.39. The van der Waals surface area contributed by atoms with E-state index in [-0.39, 0.29) is 0 Å². The summed E-state index contributed by atoms with van der Waals surface area (Å²) in [6.45, 7) is 2.11. The van der Waals surface area contributed by atoms with E-state index in [9.17, 15) is 14.0 Å². The van der Waals surface area contributed by atoms with Crippen LogP contribution in [0, 0.1) is 34.3 Å². The van der Waals surface area contributed by atoms with Gasteiger partial charge in [0.2, 0.25) is 0 Å². The molecule has 0 aromatic heterocycles. The van der Waals surface area contributed by atoms with Crippen LogP contribution in [0.2, 0.25) is 0 Å². The molecule has 1 saturated carbocycles. The van der Waals surface area contributed by atoms with E-state index in [0.717, 1.165) is 37.8 Å². The maximum atomic E-state index is 13.6. The highest BCUT2D eigenvalue weighted by atomic mass is 19.1. The van der Waals surface area contributed by atoms with E-state index in [0.29, 0.717) is 17.9 Å². The average molecular weight is 249 g/mol. The molecule has 1 nitrogen and oxygen atoms in total. The minimum atomic E-state index is -0.505. The quantitative estimate of drug-likeness (QED) is 0.786. The van der Waals surface area contributed by atoms with E-state index in [1.807, 2.05) is 0 Å². The molecular weight excluding hydrogens is 232 g/mol. The van der Waals surface area contributed by atoms with E-state index in [2.05, 4.69) is 13.0 Å². The molecule has 0 saturated heterocycles. The van der Waals surface area contributed by atoms with Gasteiger partial charge >= 0.3 is 0 Å². The van der Waals surface area contributed by atoms with Gasteiger partial charge in [-0.2, -0.15) is 5.26 Å². The van der Waals surface area contributed by atoms with Crippen LogP contribution in [-0.4, -0.2) is 0 Å². The molecule has 1 aromatic carbocycles. The van der Waals surface area contributed by atoms with Crippen LogP contribution in [0.4, 0.5) is 8.78 Å². The van der Waals surface area contributed by atoms with E-state index < -0.39 is 17.0 Å². The highest BCUT2D eigenvalue weighted by molar-refractivity contribution is 5.23. The Hall–Kier alpha value is -1.43. The van der Waals surface area contributed by atoms with Crippen molar-refractivity contribution < 1.29 is 8.78 Å². The molecule has 0 bridgehead atoms. The second-order valence-electron chi connectivity index (χ2n) is 5.32. The molecule has 0 N–H and O–H groups in total. The number of halogens is 2. The van der Waals surface area contributed by atoms with Gasteiger partial charge in [-0.05, 0) is 55.4 Å². The van der Waals surface area contributed by atoms with Gasteiger partial charge in [-0.25, -0.2) is 8.78 Å². The van der Waals surface area contributed by atoms with Crippen LogP contribution in [0.1, 0.15) is 38.2 Å². The zero-order chi connectivity index (χ0) is 13.2. The van der Waals surface area contributed by atoms with Gasteiger partial charge in [-0.3, -0.25) is 0 Å². The van der Waals surface area contributed by atoms with Gasteiger partial charge in [0.15, 0.2) is 0 Å². The average Bonchev–Trinajstić information content (AvgIpc) is 2.78. The third-order valence-electron chi connectivity index (χ3n) is 4.06. The van der Waals surface area contributed by atoms with Crippen molar-refractivity contribution in [3.63, 3.8) is 0 Å². The second kappa shape index (κ2) is 5.06. The topological polar surface area (TPSA) is 23.8 Å². The molecule has 0 heterocycles. The smallest absolute Gasteiger partial charge is 0.126 e. The second-order valence-corrected chi connectivity index (χ2v) is 5.32. The molecule has 1 aliphatic rings. The highest BCUT2D eigenvalue weighted by Gasteiger charge is 2.39. The van der Waals surface area contributed by atoms with Crippen LogP contribution in [0.25, 0.3) is 0 Å². The van der Waals surface area contributed by atoms with Crippen molar-refractivity contribution in [3.05, 3.63) is 35.4 Å². The molecule has 0 spiro atoms. The fourth-order valence-electron chi connectivity index (χ4n) is 2.93. The van der Waals surface area contributed by atoms with Crippen molar-refractivity contribution in [2.24, 2.45) is 11.3 Å². The monoisotopic (exact) mass is 249 g/mol. The van der Waals surface area contributed by atoms with Crippen molar-refractivity contribution in [2.75, 3.05) is 0 Å². The summed E-state index contributed by atoms with van der Waals surface area (Å²) in [5.41, 5.74) is -0.178. The molecule has 1 aromatic rings. The molecule has 2 unspecified atom stereocenters. The number of hydrogen-bond donors (Lipinski definition) is 0. The van der Waals surface area contributed by atoms with Crippen molar-refractivity contribution in [3.8, 4) is 6.07 Å². The Morgan fingerprint density at radius 3 is 2.83 bits per heavy atom. The lowest BCUT2D eigenvalue weighted by atomic mass is 9.80. The summed E-state index contributed by atoms with van der Waals surface area (Å²) in [7, 11) is 0. The number of nitrogens with zero attached hydrogens (tertiary/aromatic N) is 1. The molecule has 18 heavy (non-hydrogen) atoms. The number of rotatable bonds is 3. The SMILES string of the molecule is CCC1CCC(C#N)(Cc2cc(F)ccc2F)C1. The van der Waals surface area contributed by atoms with Gasteiger partial charge in [-0.1, -0.05) is 13.3 Å². The zero-order valence-corrected chi connectivity index (χ0v) is 10.5. The summed E-state index contributed by atoms with van der Waals surface area (Å²) in [6.07, 6.45) is 3.98. The summed E-state index contributed by atoms with van der Waals surface area (Å²) in [4.78, 5) is 0. The van der Waals surface area contributed by atoms with Gasteiger partial charge in [0.25, 0.3) is 0 Å². The number of hydrogen-bond acceptors (Lipinski definition) is 1. The summed E-state index contributed by atoms with van der Waals surface area (Å²) in [6, 6.07) is 5.82. The van der Waals surface area contributed by atoms with Crippen LogP contribution in [0.3, 0.4) is 0 Å². The fourth-order valence-corrected chi connectivity index (χ4v) is 2.93.